The second kappa shape index (κ2) is 8.78. The Balaban J connectivity index is 1.44. The van der Waals surface area contributed by atoms with Crippen molar-refractivity contribution >= 4 is 27.6 Å². The Kier molecular flexibility index (Phi) is 6.08. The fourth-order valence-corrected chi connectivity index (χ4v) is 5.40. The van der Waals surface area contributed by atoms with E-state index in [0.29, 0.717) is 13.2 Å². The molecule has 1 unspecified atom stereocenters. The lowest BCUT2D eigenvalue weighted by Crippen LogP contribution is -2.40. The highest BCUT2D eigenvalue weighted by atomic mass is 32.2. The summed E-state index contributed by atoms with van der Waals surface area (Å²) >= 11 is 0. The Morgan fingerprint density at radius 3 is 2.61 bits per heavy atom. The number of hydrogen-bond donors (Lipinski definition) is 0. The first-order valence-electron chi connectivity index (χ1n) is 10.1. The molecule has 2 aromatic rings. The van der Waals surface area contributed by atoms with Gasteiger partial charge in [-0.1, -0.05) is 24.3 Å². The van der Waals surface area contributed by atoms with Gasteiger partial charge < -0.3 is 14.4 Å². The highest BCUT2D eigenvalue weighted by molar-refractivity contribution is 7.89. The van der Waals surface area contributed by atoms with Crippen LogP contribution in [-0.2, 0) is 30.7 Å². The number of amides is 1. The summed E-state index contributed by atoms with van der Waals surface area (Å²) in [6.45, 7) is 2.72. The Bertz CT molecular complexity index is 1090. The molecule has 164 valence electrons. The first-order valence-corrected chi connectivity index (χ1v) is 11.6. The third-order valence-electron chi connectivity index (χ3n) is 5.48. The van der Waals surface area contributed by atoms with Crippen LogP contribution in [0.4, 0.5) is 5.69 Å². The van der Waals surface area contributed by atoms with Crippen molar-refractivity contribution in [2.45, 2.75) is 24.3 Å². The molecule has 1 atom stereocenters. The summed E-state index contributed by atoms with van der Waals surface area (Å²) < 4.78 is 37.4. The molecule has 0 bridgehead atoms. The third kappa shape index (κ3) is 4.34. The van der Waals surface area contributed by atoms with Crippen LogP contribution in [0.1, 0.15) is 22.8 Å². The molecule has 2 aliphatic heterocycles. The monoisotopic (exact) mass is 444 g/mol. The summed E-state index contributed by atoms with van der Waals surface area (Å²) in [5.74, 6) is -1.06. The summed E-state index contributed by atoms with van der Waals surface area (Å²) in [7, 11) is -3.73. The number of carbonyl (C=O) groups excluding carboxylic acids is 2. The van der Waals surface area contributed by atoms with E-state index in [0.717, 1.165) is 17.7 Å². The Morgan fingerprint density at radius 1 is 1.10 bits per heavy atom. The van der Waals surface area contributed by atoms with E-state index in [9.17, 15) is 18.0 Å². The van der Waals surface area contributed by atoms with Crippen LogP contribution in [0.3, 0.4) is 0 Å². The molecular formula is C22H24N2O6S. The summed E-state index contributed by atoms with van der Waals surface area (Å²) in [6.07, 6.45) is 0.747. The zero-order valence-corrected chi connectivity index (χ0v) is 18.0. The lowest BCUT2D eigenvalue weighted by Gasteiger charge is -2.26. The van der Waals surface area contributed by atoms with Crippen molar-refractivity contribution in [1.82, 2.24) is 4.31 Å². The van der Waals surface area contributed by atoms with Crippen molar-refractivity contribution in [3.8, 4) is 0 Å². The summed E-state index contributed by atoms with van der Waals surface area (Å²) in [5, 5.41) is 0. The van der Waals surface area contributed by atoms with Crippen LogP contribution >= 0.6 is 0 Å². The summed E-state index contributed by atoms with van der Waals surface area (Å²) in [4.78, 5) is 26.9. The van der Waals surface area contributed by atoms with E-state index in [-0.39, 0.29) is 35.5 Å². The second-order valence-electron chi connectivity index (χ2n) is 7.57. The van der Waals surface area contributed by atoms with Crippen LogP contribution in [-0.4, -0.2) is 63.6 Å². The van der Waals surface area contributed by atoms with E-state index in [1.165, 1.54) is 28.6 Å². The van der Waals surface area contributed by atoms with Gasteiger partial charge in [0, 0.05) is 24.8 Å². The average molecular weight is 445 g/mol. The summed E-state index contributed by atoms with van der Waals surface area (Å²) in [5.41, 5.74) is 1.99. The predicted octanol–water partition coefficient (Wildman–Crippen LogP) is 1.84. The van der Waals surface area contributed by atoms with Crippen LogP contribution in [0, 0.1) is 0 Å². The molecule has 4 rings (SSSR count). The van der Waals surface area contributed by atoms with E-state index >= 15 is 0 Å². The number of fused-ring (bicyclic) bond motifs is 1. The molecular weight excluding hydrogens is 420 g/mol. The molecule has 0 radical (unpaired) electrons. The maximum atomic E-state index is 12.8. The van der Waals surface area contributed by atoms with Gasteiger partial charge in [0.1, 0.15) is 0 Å². The molecule has 8 nitrogen and oxygen atoms in total. The molecule has 0 N–H and O–H groups in total. The number of hydrogen-bond acceptors (Lipinski definition) is 6. The van der Waals surface area contributed by atoms with E-state index in [1.54, 1.807) is 4.90 Å². The fourth-order valence-electron chi connectivity index (χ4n) is 3.95. The molecule has 0 spiro atoms. The molecule has 0 saturated carbocycles. The lowest BCUT2D eigenvalue weighted by molar-refractivity contribution is -0.122. The number of para-hydroxylation sites is 1. The number of anilines is 1. The molecule has 1 saturated heterocycles. The van der Waals surface area contributed by atoms with E-state index in [1.807, 2.05) is 31.2 Å². The SMILES string of the molecule is CC1Cc2ccccc2N1C(=O)COC(=O)c1cccc(S(=O)(=O)N2CCOCC2)c1. The van der Waals surface area contributed by atoms with E-state index in [4.69, 9.17) is 9.47 Å². The minimum Gasteiger partial charge on any atom is -0.452 e. The standard InChI is InChI=1S/C22H24N2O6S/c1-16-13-17-5-2-3-8-20(17)24(16)21(25)15-30-22(26)18-6-4-7-19(14-18)31(27,28)23-9-11-29-12-10-23/h2-8,14,16H,9-13,15H2,1H3. The lowest BCUT2D eigenvalue weighted by atomic mass is 10.1. The van der Waals surface area contributed by atoms with Gasteiger partial charge in [-0.15, -0.1) is 0 Å². The van der Waals surface area contributed by atoms with Gasteiger partial charge in [0.25, 0.3) is 5.91 Å². The number of ether oxygens (including phenoxy) is 2. The van der Waals surface area contributed by atoms with Crippen LogP contribution in [0.2, 0.25) is 0 Å². The minimum atomic E-state index is -3.73. The minimum absolute atomic E-state index is 0.0114. The normalized spacial score (nSPS) is 19.1. The number of benzene rings is 2. The van der Waals surface area contributed by atoms with E-state index < -0.39 is 22.6 Å². The van der Waals surface area contributed by atoms with Crippen molar-refractivity contribution < 1.29 is 27.5 Å². The van der Waals surface area contributed by atoms with Crippen molar-refractivity contribution in [3.63, 3.8) is 0 Å². The van der Waals surface area contributed by atoms with E-state index in [2.05, 4.69) is 0 Å². The molecule has 2 heterocycles. The fraction of sp³-hybridized carbons (Fsp3) is 0.364. The third-order valence-corrected chi connectivity index (χ3v) is 7.37. The highest BCUT2D eigenvalue weighted by Crippen LogP contribution is 2.31. The zero-order chi connectivity index (χ0) is 22.0. The van der Waals surface area contributed by atoms with Crippen molar-refractivity contribution in [1.29, 1.82) is 0 Å². The molecule has 9 heteroatoms. The zero-order valence-electron chi connectivity index (χ0n) is 17.2. The van der Waals surface area contributed by atoms with Crippen LogP contribution in [0.15, 0.2) is 53.4 Å². The Labute approximate surface area is 181 Å². The molecule has 2 aliphatic rings. The van der Waals surface area contributed by atoms with Gasteiger partial charge in [-0.3, -0.25) is 4.79 Å². The topological polar surface area (TPSA) is 93.2 Å². The van der Waals surface area contributed by atoms with Gasteiger partial charge in [0.2, 0.25) is 10.0 Å². The number of morpholine rings is 1. The first-order chi connectivity index (χ1) is 14.9. The predicted molar refractivity (Wildman–Crippen MR) is 113 cm³/mol. The van der Waals surface area contributed by atoms with Gasteiger partial charge in [-0.05, 0) is 43.2 Å². The smallest absolute Gasteiger partial charge is 0.338 e. The summed E-state index contributed by atoms with van der Waals surface area (Å²) in [6, 6.07) is 13.3. The first kappa shape index (κ1) is 21.5. The van der Waals surface area contributed by atoms with Crippen LogP contribution < -0.4 is 4.90 Å². The Hall–Kier alpha value is -2.75. The molecule has 1 amide bonds. The number of esters is 1. The molecule has 0 aromatic heterocycles. The number of rotatable bonds is 5. The van der Waals surface area contributed by atoms with Crippen molar-refractivity contribution in [2.24, 2.45) is 0 Å². The number of sulfonamides is 1. The van der Waals surface area contributed by atoms with Crippen LogP contribution in [0.25, 0.3) is 0 Å². The highest BCUT2D eigenvalue weighted by Gasteiger charge is 2.31. The number of nitrogens with zero attached hydrogens (tertiary/aromatic N) is 2. The van der Waals surface area contributed by atoms with Crippen molar-refractivity contribution in [2.75, 3.05) is 37.8 Å². The number of carbonyl (C=O) groups is 2. The van der Waals surface area contributed by atoms with Gasteiger partial charge in [-0.2, -0.15) is 4.31 Å². The second-order valence-corrected chi connectivity index (χ2v) is 9.50. The van der Waals surface area contributed by atoms with Gasteiger partial charge in [0.15, 0.2) is 6.61 Å². The maximum Gasteiger partial charge on any atom is 0.338 e. The molecule has 1 fully saturated rings. The van der Waals surface area contributed by atoms with Gasteiger partial charge in [-0.25, -0.2) is 13.2 Å². The van der Waals surface area contributed by atoms with Crippen molar-refractivity contribution in [3.05, 3.63) is 59.7 Å². The maximum absolute atomic E-state index is 12.8. The van der Waals surface area contributed by atoms with Gasteiger partial charge >= 0.3 is 5.97 Å². The van der Waals surface area contributed by atoms with Crippen LogP contribution in [0.5, 0.6) is 0 Å². The quantitative estimate of drug-likeness (QED) is 0.654. The average Bonchev–Trinajstić information content (AvgIpc) is 3.13. The molecule has 2 aromatic carbocycles. The Morgan fingerprint density at radius 2 is 1.84 bits per heavy atom. The molecule has 0 aliphatic carbocycles. The van der Waals surface area contributed by atoms with Gasteiger partial charge in [0.05, 0.1) is 23.7 Å². The largest absolute Gasteiger partial charge is 0.452 e. The molecule has 31 heavy (non-hydrogen) atoms.